The average molecular weight is 242 g/mol. The molecule has 16 heavy (non-hydrogen) atoms. The summed E-state index contributed by atoms with van der Waals surface area (Å²) in [6, 6.07) is 17.5. The average Bonchev–Trinajstić information content (AvgIpc) is 2.73. The maximum Gasteiger partial charge on any atom is 0.317 e. The molecule has 0 aromatic heterocycles. The Morgan fingerprint density at radius 1 is 0.875 bits per heavy atom. The van der Waals surface area contributed by atoms with Gasteiger partial charge in [0.15, 0.2) is 0 Å². The van der Waals surface area contributed by atoms with Crippen molar-refractivity contribution in [3.05, 3.63) is 54.1 Å². The number of aryl methyl sites for hydroxylation is 1. The highest BCUT2D eigenvalue weighted by atomic mass is 32.2. The molecule has 3 heteroatoms. The molecule has 1 heterocycles. The molecule has 0 radical (unpaired) electrons. The lowest BCUT2D eigenvalue weighted by atomic mass is 9.93. The number of benzene rings is 2. The smallest absolute Gasteiger partial charge is 0.153 e. The summed E-state index contributed by atoms with van der Waals surface area (Å²) in [4.78, 5) is 2.85. The quantitative estimate of drug-likeness (QED) is 0.701. The molecule has 0 N–H and O–H groups in total. The molecule has 0 saturated heterocycles. The van der Waals surface area contributed by atoms with E-state index in [-0.39, 0.29) is 0 Å². The molecule has 0 nitrogen and oxygen atoms in total. The molecule has 0 atom stereocenters. The van der Waals surface area contributed by atoms with Crippen molar-refractivity contribution in [2.75, 3.05) is 0 Å². The van der Waals surface area contributed by atoms with Crippen LogP contribution in [0.25, 0.3) is 0 Å². The van der Waals surface area contributed by atoms with E-state index in [9.17, 15) is 0 Å². The summed E-state index contributed by atoms with van der Waals surface area (Å²) < 4.78 is 0. The minimum absolute atomic E-state index is 0.526. The Hall–Kier alpha value is -0.795. The second-order valence-corrected chi connectivity index (χ2v) is 6.52. The molecule has 1 aliphatic heterocycles. The Bertz CT molecular complexity index is 511. The van der Waals surface area contributed by atoms with Crippen molar-refractivity contribution in [3.63, 3.8) is 0 Å². The summed E-state index contributed by atoms with van der Waals surface area (Å²) in [7, 11) is 0. The van der Waals surface area contributed by atoms with Gasteiger partial charge in [0.05, 0.1) is 0 Å². The van der Waals surface area contributed by atoms with Crippen molar-refractivity contribution in [3.8, 4) is 0 Å². The largest absolute Gasteiger partial charge is 0.317 e. The van der Waals surface area contributed by atoms with Crippen LogP contribution in [-0.2, 0) is 0 Å². The molecule has 0 bridgehead atoms. The fraction of sp³-hybridized carbons (Fsp3) is 0.0769. The van der Waals surface area contributed by atoms with Gasteiger partial charge in [-0.05, 0) is 24.6 Å². The van der Waals surface area contributed by atoms with Crippen LogP contribution in [-0.4, -0.2) is 5.27 Å². The number of rotatable bonds is 1. The number of hydrogen-bond acceptors (Lipinski definition) is 2. The first kappa shape index (κ1) is 10.4. The second-order valence-electron chi connectivity index (χ2n) is 3.93. The summed E-state index contributed by atoms with van der Waals surface area (Å²) in [5.74, 6) is 0. The van der Waals surface area contributed by atoms with Gasteiger partial charge in [-0.3, -0.25) is 0 Å². The van der Waals surface area contributed by atoms with Gasteiger partial charge in [-0.2, -0.15) is 23.2 Å². The topological polar surface area (TPSA) is 0 Å². The molecule has 78 valence electrons. The summed E-state index contributed by atoms with van der Waals surface area (Å²) in [6.07, 6.45) is 0. The van der Waals surface area contributed by atoms with Gasteiger partial charge in [0.1, 0.15) is 0 Å². The summed E-state index contributed by atoms with van der Waals surface area (Å²) in [5, 5.41) is 0.526. The molecule has 0 unspecified atom stereocenters. The van der Waals surface area contributed by atoms with Crippen molar-refractivity contribution in [1.82, 2.24) is 0 Å². The molecule has 0 amide bonds. The molecule has 2 aromatic carbocycles. The van der Waals surface area contributed by atoms with Crippen LogP contribution in [0.15, 0.2) is 58.3 Å². The third-order valence-electron chi connectivity index (χ3n) is 2.64. The number of hydrogen-bond donors (Lipinski definition) is 0. The highest BCUT2D eigenvalue weighted by Crippen LogP contribution is 2.45. The lowest BCUT2D eigenvalue weighted by Gasteiger charge is -2.02. The van der Waals surface area contributed by atoms with Gasteiger partial charge in [-0.15, -0.1) is 0 Å². The summed E-state index contributed by atoms with van der Waals surface area (Å²) >= 11 is 3.93. The maximum absolute atomic E-state index is 2.29. The lowest BCUT2D eigenvalue weighted by Crippen LogP contribution is -2.20. The van der Waals surface area contributed by atoms with E-state index in [1.807, 2.05) is 23.2 Å². The molecular weight excluding hydrogens is 231 g/mol. The molecule has 0 spiro atoms. The van der Waals surface area contributed by atoms with E-state index in [1.54, 1.807) is 0 Å². The van der Waals surface area contributed by atoms with Crippen molar-refractivity contribution in [1.29, 1.82) is 0 Å². The third kappa shape index (κ3) is 1.90. The van der Waals surface area contributed by atoms with E-state index in [1.165, 1.54) is 20.8 Å². The second kappa shape index (κ2) is 4.23. The van der Waals surface area contributed by atoms with E-state index in [0.717, 1.165) is 0 Å². The highest BCUT2D eigenvalue weighted by molar-refractivity contribution is 8.57. The zero-order chi connectivity index (χ0) is 11.0. The Morgan fingerprint density at radius 3 is 2.44 bits per heavy atom. The van der Waals surface area contributed by atoms with Gasteiger partial charge in [0.2, 0.25) is 0 Å². The van der Waals surface area contributed by atoms with Gasteiger partial charge < -0.3 is 0 Å². The van der Waals surface area contributed by atoms with Crippen LogP contribution >= 0.6 is 23.2 Å². The van der Waals surface area contributed by atoms with Crippen LogP contribution in [0.1, 0.15) is 5.56 Å². The van der Waals surface area contributed by atoms with Crippen LogP contribution < -0.4 is 5.46 Å². The van der Waals surface area contributed by atoms with E-state index in [2.05, 4.69) is 55.5 Å². The Labute approximate surface area is 105 Å². The minimum atomic E-state index is 0.526. The molecule has 3 rings (SSSR count). The first-order valence-electron chi connectivity index (χ1n) is 5.32. The minimum Gasteiger partial charge on any atom is -0.153 e. The van der Waals surface area contributed by atoms with E-state index >= 15 is 0 Å². The lowest BCUT2D eigenvalue weighted by molar-refractivity contribution is 1.23. The van der Waals surface area contributed by atoms with Crippen molar-refractivity contribution in [2.45, 2.75) is 16.7 Å². The van der Waals surface area contributed by atoms with Crippen LogP contribution in [0.2, 0.25) is 0 Å². The van der Waals surface area contributed by atoms with Gasteiger partial charge in [0, 0.05) is 9.79 Å². The Morgan fingerprint density at radius 2 is 1.62 bits per heavy atom. The van der Waals surface area contributed by atoms with Crippen LogP contribution in [0, 0.1) is 6.92 Å². The zero-order valence-electron chi connectivity index (χ0n) is 9.01. The molecule has 0 fully saturated rings. The monoisotopic (exact) mass is 242 g/mol. The summed E-state index contributed by atoms with van der Waals surface area (Å²) in [5.41, 5.74) is 2.76. The molecule has 1 aliphatic rings. The predicted molar refractivity (Wildman–Crippen MR) is 74.7 cm³/mol. The van der Waals surface area contributed by atoms with Crippen molar-refractivity contribution >= 4 is 34.0 Å². The van der Waals surface area contributed by atoms with Gasteiger partial charge in [-0.25, -0.2) is 0 Å². The predicted octanol–water partition coefficient (Wildman–Crippen LogP) is 3.59. The van der Waals surface area contributed by atoms with Crippen molar-refractivity contribution < 1.29 is 0 Å². The van der Waals surface area contributed by atoms with Crippen molar-refractivity contribution in [2.24, 2.45) is 0 Å². The van der Waals surface area contributed by atoms with E-state index < -0.39 is 0 Å². The van der Waals surface area contributed by atoms with Gasteiger partial charge in [0.25, 0.3) is 0 Å². The molecule has 0 saturated carbocycles. The fourth-order valence-electron chi connectivity index (χ4n) is 1.81. The van der Waals surface area contributed by atoms with Gasteiger partial charge in [-0.1, -0.05) is 41.9 Å². The SMILES string of the molecule is Cc1ccc2c(c1)SB(c1ccccc1)S2. The standard InChI is InChI=1S/C13H11BS2/c1-10-7-8-12-13(9-10)16-14(15-12)11-5-3-2-4-6-11/h2-9H,1H3. The molecule has 2 aromatic rings. The highest BCUT2D eigenvalue weighted by Gasteiger charge is 2.28. The fourth-order valence-corrected chi connectivity index (χ4v) is 4.72. The Balaban J connectivity index is 1.91. The van der Waals surface area contributed by atoms with Crippen LogP contribution in [0.5, 0.6) is 0 Å². The molecular formula is C13H11BS2. The normalized spacial score (nSPS) is 13.9. The van der Waals surface area contributed by atoms with Gasteiger partial charge >= 0.3 is 5.27 Å². The van der Waals surface area contributed by atoms with Crippen LogP contribution in [0.4, 0.5) is 0 Å². The van der Waals surface area contributed by atoms with Crippen LogP contribution in [0.3, 0.4) is 0 Å². The number of fused-ring (bicyclic) bond motifs is 1. The first-order valence-corrected chi connectivity index (χ1v) is 7.08. The summed E-state index contributed by atoms with van der Waals surface area (Å²) in [6.45, 7) is 2.15. The maximum atomic E-state index is 2.29. The Kier molecular flexibility index (Phi) is 2.74. The third-order valence-corrected chi connectivity index (χ3v) is 5.52. The van der Waals surface area contributed by atoms with E-state index in [0.29, 0.717) is 5.27 Å². The zero-order valence-corrected chi connectivity index (χ0v) is 10.6. The first-order chi connectivity index (χ1) is 7.83. The van der Waals surface area contributed by atoms with E-state index in [4.69, 9.17) is 0 Å². The molecule has 0 aliphatic carbocycles.